The van der Waals surface area contributed by atoms with E-state index in [0.29, 0.717) is 36.7 Å². The highest BCUT2D eigenvalue weighted by molar-refractivity contribution is 9.10. The van der Waals surface area contributed by atoms with Crippen LogP contribution >= 0.6 is 39.1 Å². The summed E-state index contributed by atoms with van der Waals surface area (Å²) in [6.45, 7) is 0. The van der Waals surface area contributed by atoms with Gasteiger partial charge in [0, 0.05) is 43.4 Å². The number of halogens is 3. The second kappa shape index (κ2) is 5.37. The maximum Gasteiger partial charge on any atom is 0.196 e. The van der Waals surface area contributed by atoms with Crippen molar-refractivity contribution in [2.45, 2.75) is 0 Å². The zero-order valence-electron chi connectivity index (χ0n) is 10.6. The molecule has 3 nitrogen and oxygen atoms in total. The Hall–Kier alpha value is -1.49. The number of nitrogen functional groups attached to an aromatic ring is 1. The first-order valence-electron chi connectivity index (χ1n) is 6.03. The van der Waals surface area contributed by atoms with E-state index in [1.807, 2.05) is 0 Å². The van der Waals surface area contributed by atoms with Gasteiger partial charge in [-0.25, -0.2) is 0 Å². The zero-order chi connectivity index (χ0) is 15.1. The summed E-state index contributed by atoms with van der Waals surface area (Å²) < 4.78 is 0.682. The molecule has 3 rings (SSSR count). The number of nitrogens with one attached hydrogen (secondary N) is 1. The molecule has 0 spiro atoms. The number of carbonyl (C=O) groups excluding carboxylic acids is 1. The average molecular weight is 384 g/mol. The summed E-state index contributed by atoms with van der Waals surface area (Å²) in [6, 6.07) is 8.45. The first-order valence-corrected chi connectivity index (χ1v) is 7.58. The van der Waals surface area contributed by atoms with Crippen molar-refractivity contribution in [1.82, 2.24) is 4.98 Å². The molecule has 1 heterocycles. The quantitative estimate of drug-likeness (QED) is 0.480. The Morgan fingerprint density at radius 2 is 1.90 bits per heavy atom. The number of ketones is 1. The molecule has 0 fully saturated rings. The molecule has 0 saturated carbocycles. The minimum absolute atomic E-state index is 0.162. The smallest absolute Gasteiger partial charge is 0.196 e. The first-order chi connectivity index (χ1) is 9.97. The van der Waals surface area contributed by atoms with Crippen molar-refractivity contribution < 1.29 is 4.79 Å². The molecule has 0 aliphatic heterocycles. The third kappa shape index (κ3) is 2.55. The second-order valence-electron chi connectivity index (χ2n) is 4.58. The third-order valence-electron chi connectivity index (χ3n) is 3.18. The van der Waals surface area contributed by atoms with E-state index in [4.69, 9.17) is 28.9 Å². The number of aromatic amines is 1. The summed E-state index contributed by atoms with van der Waals surface area (Å²) in [4.78, 5) is 15.8. The highest BCUT2D eigenvalue weighted by Crippen LogP contribution is 2.32. The minimum Gasteiger partial charge on any atom is -0.399 e. The Morgan fingerprint density at radius 1 is 1.14 bits per heavy atom. The van der Waals surface area contributed by atoms with E-state index < -0.39 is 0 Å². The SMILES string of the molecule is Nc1ccc(Br)c(C(=O)c2c[nH]c3cc(Cl)cc(Cl)c23)c1. The third-order valence-corrected chi connectivity index (χ3v) is 4.38. The summed E-state index contributed by atoms with van der Waals surface area (Å²) in [5.74, 6) is -0.162. The van der Waals surface area contributed by atoms with Crippen molar-refractivity contribution in [3.63, 3.8) is 0 Å². The number of hydrogen-bond donors (Lipinski definition) is 2. The van der Waals surface area contributed by atoms with Crippen LogP contribution in [0.1, 0.15) is 15.9 Å². The van der Waals surface area contributed by atoms with Crippen molar-refractivity contribution in [2.24, 2.45) is 0 Å². The Labute approximate surface area is 139 Å². The molecule has 0 radical (unpaired) electrons. The van der Waals surface area contributed by atoms with Gasteiger partial charge in [-0.05, 0) is 30.3 Å². The molecule has 3 N–H and O–H groups in total. The van der Waals surface area contributed by atoms with Crippen LogP contribution in [0.3, 0.4) is 0 Å². The van der Waals surface area contributed by atoms with Crippen LogP contribution in [0.25, 0.3) is 10.9 Å². The number of nitrogens with two attached hydrogens (primary N) is 1. The van der Waals surface area contributed by atoms with E-state index in [-0.39, 0.29) is 5.78 Å². The normalized spacial score (nSPS) is 11.0. The van der Waals surface area contributed by atoms with E-state index in [9.17, 15) is 4.79 Å². The molecule has 0 aliphatic rings. The molecule has 1 aromatic heterocycles. The van der Waals surface area contributed by atoms with Gasteiger partial charge in [0.2, 0.25) is 0 Å². The van der Waals surface area contributed by atoms with Crippen LogP contribution < -0.4 is 5.73 Å². The molecule has 0 unspecified atom stereocenters. The van der Waals surface area contributed by atoms with Crippen molar-refractivity contribution in [1.29, 1.82) is 0 Å². The van der Waals surface area contributed by atoms with Crippen LogP contribution in [0, 0.1) is 0 Å². The molecule has 6 heteroatoms. The summed E-state index contributed by atoms with van der Waals surface area (Å²) in [5, 5.41) is 1.60. The Morgan fingerprint density at radius 3 is 2.67 bits per heavy atom. The van der Waals surface area contributed by atoms with Gasteiger partial charge in [0.25, 0.3) is 0 Å². The molecule has 106 valence electrons. The molecular weight excluding hydrogens is 375 g/mol. The lowest BCUT2D eigenvalue weighted by molar-refractivity contribution is 0.103. The van der Waals surface area contributed by atoms with E-state index in [1.165, 1.54) is 0 Å². The Balaban J connectivity index is 2.21. The number of rotatable bonds is 2. The van der Waals surface area contributed by atoms with Crippen LogP contribution in [0.5, 0.6) is 0 Å². The minimum atomic E-state index is -0.162. The van der Waals surface area contributed by atoms with Crippen LogP contribution in [-0.4, -0.2) is 10.8 Å². The van der Waals surface area contributed by atoms with Gasteiger partial charge in [-0.2, -0.15) is 0 Å². The molecule has 0 bridgehead atoms. The van der Waals surface area contributed by atoms with Gasteiger partial charge in [0.15, 0.2) is 5.78 Å². The molecule has 2 aromatic carbocycles. The lowest BCUT2D eigenvalue weighted by Crippen LogP contribution is -2.03. The van der Waals surface area contributed by atoms with E-state index in [1.54, 1.807) is 36.5 Å². The topological polar surface area (TPSA) is 58.9 Å². The maximum absolute atomic E-state index is 12.7. The van der Waals surface area contributed by atoms with Crippen LogP contribution in [-0.2, 0) is 0 Å². The van der Waals surface area contributed by atoms with Crippen molar-refractivity contribution in [3.05, 3.63) is 62.2 Å². The Bertz CT molecular complexity index is 873. The predicted octanol–water partition coefficient (Wildman–Crippen LogP) is 5.05. The fourth-order valence-corrected chi connectivity index (χ4v) is 3.25. The van der Waals surface area contributed by atoms with Gasteiger partial charge >= 0.3 is 0 Å². The number of hydrogen-bond acceptors (Lipinski definition) is 2. The maximum atomic E-state index is 12.7. The lowest BCUT2D eigenvalue weighted by Gasteiger charge is -2.05. The second-order valence-corrected chi connectivity index (χ2v) is 6.28. The van der Waals surface area contributed by atoms with E-state index in [2.05, 4.69) is 20.9 Å². The van der Waals surface area contributed by atoms with E-state index >= 15 is 0 Å². The van der Waals surface area contributed by atoms with Crippen molar-refractivity contribution in [3.8, 4) is 0 Å². The summed E-state index contributed by atoms with van der Waals surface area (Å²) in [5.41, 5.74) is 7.97. The predicted molar refractivity (Wildman–Crippen MR) is 90.3 cm³/mol. The molecule has 0 aliphatic carbocycles. The number of carbonyl (C=O) groups is 1. The van der Waals surface area contributed by atoms with Gasteiger partial charge in [0.1, 0.15) is 0 Å². The Kier molecular flexibility index (Phi) is 3.69. The van der Waals surface area contributed by atoms with Crippen molar-refractivity contribution >= 4 is 61.5 Å². The molecular formula is C15H9BrCl2N2O. The zero-order valence-corrected chi connectivity index (χ0v) is 13.7. The lowest BCUT2D eigenvalue weighted by atomic mass is 10.0. The number of aromatic nitrogens is 1. The molecule has 0 amide bonds. The summed E-state index contributed by atoms with van der Waals surface area (Å²) in [6.07, 6.45) is 1.63. The molecule has 0 saturated heterocycles. The van der Waals surface area contributed by atoms with Crippen LogP contribution in [0.2, 0.25) is 10.0 Å². The number of benzene rings is 2. The summed E-state index contributed by atoms with van der Waals surface area (Å²) in [7, 11) is 0. The monoisotopic (exact) mass is 382 g/mol. The summed E-state index contributed by atoms with van der Waals surface area (Å²) >= 11 is 15.6. The van der Waals surface area contributed by atoms with Gasteiger partial charge in [-0.3, -0.25) is 4.79 Å². The van der Waals surface area contributed by atoms with Gasteiger partial charge in [0.05, 0.1) is 5.02 Å². The standard InChI is InChI=1S/C15H9BrCl2N2O/c16-11-2-1-8(19)5-9(11)15(21)10-6-20-13-4-7(17)3-12(18)14(10)13/h1-6,20H,19H2. The average Bonchev–Trinajstić information content (AvgIpc) is 2.84. The largest absolute Gasteiger partial charge is 0.399 e. The molecule has 0 atom stereocenters. The first kappa shape index (κ1) is 14.4. The van der Waals surface area contributed by atoms with Gasteiger partial charge in [-0.15, -0.1) is 0 Å². The van der Waals surface area contributed by atoms with Gasteiger partial charge in [-0.1, -0.05) is 39.1 Å². The molecule has 3 aromatic rings. The van der Waals surface area contributed by atoms with Crippen LogP contribution in [0.4, 0.5) is 5.69 Å². The van der Waals surface area contributed by atoms with E-state index in [0.717, 1.165) is 5.52 Å². The number of fused-ring (bicyclic) bond motifs is 1. The molecule has 21 heavy (non-hydrogen) atoms. The number of H-pyrrole nitrogens is 1. The van der Waals surface area contributed by atoms with Gasteiger partial charge < -0.3 is 10.7 Å². The van der Waals surface area contributed by atoms with Crippen molar-refractivity contribution in [2.75, 3.05) is 5.73 Å². The fourth-order valence-electron chi connectivity index (χ4n) is 2.22. The highest BCUT2D eigenvalue weighted by Gasteiger charge is 2.19. The number of anilines is 1. The fraction of sp³-hybridized carbons (Fsp3) is 0. The highest BCUT2D eigenvalue weighted by atomic mass is 79.9. The van der Waals surface area contributed by atoms with Crippen LogP contribution in [0.15, 0.2) is 41.0 Å².